The van der Waals surface area contributed by atoms with Gasteiger partial charge in [-0.2, -0.15) is 10.2 Å². The molecule has 2 heterocycles. The topological polar surface area (TPSA) is 164 Å². The molecule has 0 atom stereocenters. The maximum Gasteiger partial charge on any atom is 0.311 e. The second-order valence-corrected chi connectivity index (χ2v) is 10.9. The number of nitrogens with zero attached hydrogens (tertiary/aromatic N) is 4. The van der Waals surface area contributed by atoms with Crippen molar-refractivity contribution in [1.82, 2.24) is 9.88 Å². The maximum atomic E-state index is 11.7. The highest BCUT2D eigenvalue weighted by Crippen LogP contribution is 2.33. The molecule has 0 saturated carbocycles. The Morgan fingerprint density at radius 2 is 1.79 bits per heavy atom. The van der Waals surface area contributed by atoms with Gasteiger partial charge in [0.1, 0.15) is 5.75 Å². The molecular weight excluding hydrogens is 508 g/mol. The molecule has 11 nitrogen and oxygen atoms in total. The van der Waals surface area contributed by atoms with Crippen molar-refractivity contribution in [2.75, 3.05) is 18.4 Å². The first-order chi connectivity index (χ1) is 18.0. The summed E-state index contributed by atoms with van der Waals surface area (Å²) in [6, 6.07) is 14.9. The van der Waals surface area contributed by atoms with Gasteiger partial charge in [0.15, 0.2) is 0 Å². The third-order valence-corrected chi connectivity index (χ3v) is 7.36. The molecule has 1 saturated heterocycles. The first-order valence-electron chi connectivity index (χ1n) is 12.0. The lowest BCUT2D eigenvalue weighted by molar-refractivity contribution is -0.384. The number of nitrogens with two attached hydrogens (primary N) is 1. The Morgan fingerprint density at radius 1 is 1.16 bits per heavy atom. The Morgan fingerprint density at radius 3 is 2.34 bits per heavy atom. The minimum atomic E-state index is -3.72. The zero-order valence-corrected chi connectivity index (χ0v) is 21.9. The second-order valence-electron chi connectivity index (χ2n) is 9.31. The van der Waals surface area contributed by atoms with Crippen LogP contribution in [0.2, 0.25) is 0 Å². The number of likely N-dealkylation sites (tertiary alicyclic amines) is 1. The smallest absolute Gasteiger partial charge is 0.311 e. The number of hydrogen-bond acceptors (Lipinski definition) is 9. The van der Waals surface area contributed by atoms with Crippen LogP contribution in [0.1, 0.15) is 35.1 Å². The highest BCUT2D eigenvalue weighted by Gasteiger charge is 2.24. The van der Waals surface area contributed by atoms with E-state index in [2.05, 4.69) is 21.3 Å². The van der Waals surface area contributed by atoms with E-state index in [-0.39, 0.29) is 28.3 Å². The number of ether oxygens (including phenoxy) is 1. The number of aryl methyl sites for hydroxylation is 2. The molecule has 3 N–H and O–H groups in total. The largest absolute Gasteiger partial charge is 0.438 e. The van der Waals surface area contributed by atoms with Crippen molar-refractivity contribution in [1.29, 1.82) is 5.26 Å². The number of nitro groups is 1. The average molecular weight is 537 g/mol. The van der Waals surface area contributed by atoms with Crippen LogP contribution < -0.4 is 15.2 Å². The van der Waals surface area contributed by atoms with Crippen LogP contribution in [0.5, 0.6) is 11.6 Å². The zero-order valence-electron chi connectivity index (χ0n) is 21.0. The first kappa shape index (κ1) is 27.0. The molecule has 0 aliphatic carbocycles. The molecule has 0 amide bonds. The number of piperidine rings is 1. The molecule has 2 aromatic carbocycles. The van der Waals surface area contributed by atoms with Crippen LogP contribution in [0.3, 0.4) is 0 Å². The van der Waals surface area contributed by atoms with E-state index in [9.17, 15) is 18.5 Å². The van der Waals surface area contributed by atoms with Crippen LogP contribution in [0, 0.1) is 35.3 Å². The summed E-state index contributed by atoms with van der Waals surface area (Å²) in [6.07, 6.45) is 1.49. The van der Waals surface area contributed by atoms with Gasteiger partial charge in [0.05, 0.1) is 21.5 Å². The summed E-state index contributed by atoms with van der Waals surface area (Å²) in [5.41, 5.74) is 2.89. The fourth-order valence-electron chi connectivity index (χ4n) is 4.50. The molecule has 1 aliphatic heterocycles. The summed E-state index contributed by atoms with van der Waals surface area (Å²) in [5, 5.41) is 29.2. The van der Waals surface area contributed by atoms with E-state index in [1.54, 1.807) is 24.3 Å². The van der Waals surface area contributed by atoms with Crippen LogP contribution in [0.4, 0.5) is 11.5 Å². The van der Waals surface area contributed by atoms with Crippen LogP contribution in [-0.2, 0) is 16.6 Å². The van der Waals surface area contributed by atoms with Crippen molar-refractivity contribution in [3.63, 3.8) is 0 Å². The summed E-state index contributed by atoms with van der Waals surface area (Å²) in [7, 11) is -3.72. The molecule has 0 unspecified atom stereocenters. The van der Waals surface area contributed by atoms with E-state index in [1.165, 1.54) is 24.3 Å². The van der Waals surface area contributed by atoms with E-state index in [1.807, 2.05) is 13.8 Å². The first-order valence-corrected chi connectivity index (χ1v) is 13.5. The predicted molar refractivity (Wildman–Crippen MR) is 141 cm³/mol. The SMILES string of the molecule is Cc1cc(C#N)cc(C)c1Oc1ccc([N+](=O)[O-])c(NC2CCN(Cc3ccc(S(N)(=O)=O)cc3)CC2)n1. The molecular formula is C26H28N6O5S. The molecule has 0 spiro atoms. The van der Waals surface area contributed by atoms with Gasteiger partial charge in [-0.15, -0.1) is 0 Å². The Kier molecular flexibility index (Phi) is 7.91. The van der Waals surface area contributed by atoms with Crippen molar-refractivity contribution < 1.29 is 18.1 Å². The number of rotatable bonds is 8. The Hall–Kier alpha value is -4.05. The second kappa shape index (κ2) is 11.1. The van der Waals surface area contributed by atoms with Crippen LogP contribution >= 0.6 is 0 Å². The van der Waals surface area contributed by atoms with E-state index >= 15 is 0 Å². The van der Waals surface area contributed by atoms with Crippen molar-refractivity contribution in [3.8, 4) is 17.7 Å². The highest BCUT2D eigenvalue weighted by atomic mass is 32.2. The fourth-order valence-corrected chi connectivity index (χ4v) is 5.01. The van der Waals surface area contributed by atoms with Gasteiger partial charge in [0.25, 0.3) is 0 Å². The molecule has 198 valence electrons. The molecule has 38 heavy (non-hydrogen) atoms. The third-order valence-electron chi connectivity index (χ3n) is 6.43. The summed E-state index contributed by atoms with van der Waals surface area (Å²) in [5.74, 6) is 0.921. The number of nitrogens with one attached hydrogen (secondary N) is 1. The number of aromatic nitrogens is 1. The third kappa shape index (κ3) is 6.44. The number of nitriles is 1. The summed E-state index contributed by atoms with van der Waals surface area (Å²) >= 11 is 0. The van der Waals surface area contributed by atoms with Gasteiger partial charge in [0, 0.05) is 37.8 Å². The van der Waals surface area contributed by atoms with Crippen LogP contribution in [0.25, 0.3) is 0 Å². The minimum Gasteiger partial charge on any atom is -0.438 e. The number of primary sulfonamides is 1. The molecule has 1 aliphatic rings. The number of hydrogen-bond donors (Lipinski definition) is 2. The molecule has 1 fully saturated rings. The van der Waals surface area contributed by atoms with Crippen LogP contribution in [-0.4, -0.2) is 42.4 Å². The fraction of sp³-hybridized carbons (Fsp3) is 0.308. The monoisotopic (exact) mass is 536 g/mol. The quantitative estimate of drug-likeness (QED) is 0.320. The minimum absolute atomic E-state index is 0.0177. The summed E-state index contributed by atoms with van der Waals surface area (Å²) in [4.78, 5) is 17.9. The van der Waals surface area contributed by atoms with Gasteiger partial charge < -0.3 is 10.1 Å². The maximum absolute atomic E-state index is 11.7. The van der Waals surface area contributed by atoms with Gasteiger partial charge in [0.2, 0.25) is 21.7 Å². The Bertz CT molecular complexity index is 1470. The van der Waals surface area contributed by atoms with Crippen molar-refractivity contribution in [2.24, 2.45) is 5.14 Å². The summed E-state index contributed by atoms with van der Waals surface area (Å²) < 4.78 is 28.9. The van der Waals surface area contributed by atoms with Crippen molar-refractivity contribution in [2.45, 2.75) is 44.2 Å². The lowest BCUT2D eigenvalue weighted by atomic mass is 10.0. The van der Waals surface area contributed by atoms with Gasteiger partial charge in [-0.3, -0.25) is 15.0 Å². The predicted octanol–water partition coefficient (Wildman–Crippen LogP) is 3.99. The number of pyridine rings is 1. The lowest BCUT2D eigenvalue weighted by Crippen LogP contribution is -2.38. The zero-order chi connectivity index (χ0) is 27.4. The number of benzene rings is 2. The molecule has 4 rings (SSSR count). The van der Waals surface area contributed by atoms with Crippen molar-refractivity contribution >= 4 is 21.5 Å². The van der Waals surface area contributed by atoms with Crippen molar-refractivity contribution in [3.05, 3.63) is 80.9 Å². The molecule has 0 bridgehead atoms. The van der Waals surface area contributed by atoms with Gasteiger partial charge in [-0.1, -0.05) is 12.1 Å². The normalized spacial score (nSPS) is 14.6. The molecule has 12 heteroatoms. The van der Waals surface area contributed by atoms with Gasteiger partial charge in [-0.05, 0) is 67.6 Å². The number of anilines is 1. The van der Waals surface area contributed by atoms with Gasteiger partial charge in [-0.25, -0.2) is 13.6 Å². The Labute approximate surface area is 221 Å². The van der Waals surface area contributed by atoms with Crippen LogP contribution in [0.15, 0.2) is 53.4 Å². The Balaban J connectivity index is 1.42. The lowest BCUT2D eigenvalue weighted by Gasteiger charge is -2.32. The van der Waals surface area contributed by atoms with Gasteiger partial charge >= 0.3 is 5.69 Å². The number of sulfonamides is 1. The van der Waals surface area contributed by atoms with E-state index < -0.39 is 14.9 Å². The molecule has 1 aromatic heterocycles. The summed E-state index contributed by atoms with van der Waals surface area (Å²) in [6.45, 7) is 5.82. The van der Waals surface area contributed by atoms with E-state index in [4.69, 9.17) is 15.1 Å². The highest BCUT2D eigenvalue weighted by molar-refractivity contribution is 7.89. The van der Waals surface area contributed by atoms with E-state index in [0.29, 0.717) is 17.9 Å². The molecule has 0 radical (unpaired) electrons. The average Bonchev–Trinajstić information content (AvgIpc) is 2.87. The van der Waals surface area contributed by atoms with E-state index in [0.717, 1.165) is 42.6 Å². The standard InChI is InChI=1S/C26H28N6O5S/c1-17-13-20(15-27)14-18(2)25(17)37-24-8-7-23(32(33)34)26(30-24)29-21-9-11-31(12-10-21)16-19-3-5-22(6-4-19)38(28,35)36/h3-8,13-14,21H,9-12,16H2,1-2H3,(H,29,30)(H2,28,35,36). The molecule has 3 aromatic rings.